The van der Waals surface area contributed by atoms with Crippen molar-refractivity contribution in [1.82, 2.24) is 24.5 Å². The van der Waals surface area contributed by atoms with Gasteiger partial charge in [0.15, 0.2) is 5.16 Å². The Hall–Kier alpha value is -2.21. The quantitative estimate of drug-likeness (QED) is 0.535. The molecule has 0 aliphatic heterocycles. The minimum Gasteiger partial charge on any atom is -0.328 e. The molecule has 0 fully saturated rings. The first-order valence-electron chi connectivity index (χ1n) is 7.06. The molecule has 0 spiro atoms. The number of thioether (sulfide) groups is 1. The molecule has 0 saturated heterocycles. The molecule has 22 heavy (non-hydrogen) atoms. The Labute approximate surface area is 133 Å². The highest BCUT2D eigenvalue weighted by atomic mass is 32.2. The van der Waals surface area contributed by atoms with Crippen molar-refractivity contribution < 1.29 is 0 Å². The maximum absolute atomic E-state index is 4.47. The summed E-state index contributed by atoms with van der Waals surface area (Å²) in [6, 6.07) is 4.34. The molecule has 0 aromatic carbocycles. The molecule has 0 bridgehead atoms. The van der Waals surface area contributed by atoms with E-state index in [-0.39, 0.29) is 6.04 Å². The summed E-state index contributed by atoms with van der Waals surface area (Å²) in [5.41, 5.74) is 2.14. The Morgan fingerprint density at radius 1 is 1.14 bits per heavy atom. The largest absolute Gasteiger partial charge is 0.328 e. The first kappa shape index (κ1) is 14.7. The van der Waals surface area contributed by atoms with Crippen LogP contribution in [0.4, 0.5) is 0 Å². The van der Waals surface area contributed by atoms with Crippen LogP contribution in [0.15, 0.2) is 54.5 Å². The number of aromatic nitrogens is 5. The molecule has 0 unspecified atom stereocenters. The highest BCUT2D eigenvalue weighted by molar-refractivity contribution is 7.98. The number of imidazole rings is 1. The van der Waals surface area contributed by atoms with Gasteiger partial charge in [-0.1, -0.05) is 17.8 Å². The second-order valence-corrected chi connectivity index (χ2v) is 5.80. The van der Waals surface area contributed by atoms with Gasteiger partial charge in [0.25, 0.3) is 0 Å². The fourth-order valence-electron chi connectivity index (χ4n) is 2.39. The third-order valence-electron chi connectivity index (χ3n) is 3.47. The van der Waals surface area contributed by atoms with Crippen LogP contribution in [-0.2, 0) is 6.42 Å². The molecular weight excluding hydrogens is 294 g/mol. The molecule has 112 valence electrons. The summed E-state index contributed by atoms with van der Waals surface area (Å²) in [7, 11) is 0. The summed E-state index contributed by atoms with van der Waals surface area (Å²) >= 11 is 1.53. The third kappa shape index (κ3) is 3.17. The number of hydrogen-bond donors (Lipinski definition) is 0. The maximum Gasteiger partial charge on any atom is 0.187 e. The molecule has 3 rings (SSSR count). The van der Waals surface area contributed by atoms with Gasteiger partial charge in [-0.3, -0.25) is 4.98 Å². The lowest BCUT2D eigenvalue weighted by atomic mass is 10.1. The maximum atomic E-state index is 4.47. The summed E-state index contributed by atoms with van der Waals surface area (Å²) in [6.45, 7) is 2.18. The number of pyridine rings is 1. The van der Waals surface area contributed by atoms with Crippen LogP contribution >= 0.6 is 11.8 Å². The normalized spacial score (nSPS) is 12.3. The smallest absolute Gasteiger partial charge is 0.187 e. The van der Waals surface area contributed by atoms with Gasteiger partial charge in [0, 0.05) is 43.2 Å². The van der Waals surface area contributed by atoms with E-state index in [4.69, 9.17) is 0 Å². The molecule has 5 nitrogen and oxygen atoms in total. The molecule has 0 saturated carbocycles. The first-order valence-corrected chi connectivity index (χ1v) is 8.28. The minimum absolute atomic E-state index is 0.280. The van der Waals surface area contributed by atoms with E-state index in [1.165, 1.54) is 17.3 Å². The zero-order chi connectivity index (χ0) is 15.4. The lowest BCUT2D eigenvalue weighted by Gasteiger charge is -2.16. The topological polar surface area (TPSA) is 56.5 Å². The molecule has 0 amide bonds. The van der Waals surface area contributed by atoms with E-state index in [0.29, 0.717) is 0 Å². The first-order chi connectivity index (χ1) is 10.8. The second-order valence-electron chi connectivity index (χ2n) is 5.03. The van der Waals surface area contributed by atoms with Gasteiger partial charge in [-0.25, -0.2) is 15.0 Å². The number of hydrogen-bond acceptors (Lipinski definition) is 5. The van der Waals surface area contributed by atoms with Crippen LogP contribution in [0.5, 0.6) is 0 Å². The van der Waals surface area contributed by atoms with E-state index in [2.05, 4.69) is 37.5 Å². The number of nitrogens with zero attached hydrogens (tertiary/aromatic N) is 5. The zero-order valence-electron chi connectivity index (χ0n) is 12.5. The molecule has 3 aromatic heterocycles. The van der Waals surface area contributed by atoms with Gasteiger partial charge >= 0.3 is 0 Å². The predicted molar refractivity (Wildman–Crippen MR) is 87.7 cm³/mol. The fraction of sp³-hybridized carbons (Fsp3) is 0.250. The fourth-order valence-corrected chi connectivity index (χ4v) is 2.70. The van der Waals surface area contributed by atoms with Crippen LogP contribution < -0.4 is 0 Å². The van der Waals surface area contributed by atoms with E-state index in [1.54, 1.807) is 6.20 Å². The van der Waals surface area contributed by atoms with Gasteiger partial charge in [-0.05, 0) is 31.2 Å². The molecule has 0 N–H and O–H groups in total. The minimum atomic E-state index is 0.280. The van der Waals surface area contributed by atoms with E-state index in [1.807, 2.05) is 43.3 Å². The van der Waals surface area contributed by atoms with Crippen LogP contribution in [0.1, 0.15) is 18.5 Å². The summed E-state index contributed by atoms with van der Waals surface area (Å²) in [5.74, 6) is 0.893. The van der Waals surface area contributed by atoms with Crippen molar-refractivity contribution in [3.63, 3.8) is 0 Å². The summed E-state index contributed by atoms with van der Waals surface area (Å²) in [6.07, 6.45) is 14.0. The standard InChI is InChI=1S/C16H17N5S/c1-12(8-13-4-3-5-17-9-13)21-7-6-18-15(21)14-10-19-16(22-2)20-11-14/h3-7,9-12H,8H2,1-2H3/t12-/m0/s1. The van der Waals surface area contributed by atoms with Crippen molar-refractivity contribution in [2.75, 3.05) is 6.26 Å². The van der Waals surface area contributed by atoms with E-state index < -0.39 is 0 Å². The third-order valence-corrected chi connectivity index (χ3v) is 4.04. The molecule has 0 aliphatic rings. The Morgan fingerprint density at radius 3 is 2.64 bits per heavy atom. The average molecular weight is 311 g/mol. The van der Waals surface area contributed by atoms with Crippen LogP contribution in [0.2, 0.25) is 0 Å². The predicted octanol–water partition coefficient (Wildman–Crippen LogP) is 3.26. The summed E-state index contributed by atoms with van der Waals surface area (Å²) in [5, 5.41) is 0.769. The molecule has 1 atom stereocenters. The Morgan fingerprint density at radius 2 is 1.95 bits per heavy atom. The van der Waals surface area contributed by atoms with Crippen LogP contribution in [0.25, 0.3) is 11.4 Å². The summed E-state index contributed by atoms with van der Waals surface area (Å²) in [4.78, 5) is 17.3. The van der Waals surface area contributed by atoms with Gasteiger partial charge in [0.05, 0.1) is 5.56 Å². The molecule has 0 aliphatic carbocycles. The van der Waals surface area contributed by atoms with Crippen molar-refractivity contribution in [3.05, 3.63) is 54.9 Å². The lowest BCUT2D eigenvalue weighted by molar-refractivity contribution is 0.549. The summed E-state index contributed by atoms with van der Waals surface area (Å²) < 4.78 is 2.16. The van der Waals surface area contributed by atoms with Gasteiger partial charge in [-0.2, -0.15) is 0 Å². The van der Waals surface area contributed by atoms with E-state index >= 15 is 0 Å². The Bertz CT molecular complexity index is 724. The average Bonchev–Trinajstić information content (AvgIpc) is 3.05. The van der Waals surface area contributed by atoms with Crippen LogP contribution in [0.3, 0.4) is 0 Å². The van der Waals surface area contributed by atoms with Gasteiger partial charge in [0.1, 0.15) is 5.82 Å². The number of rotatable bonds is 5. The SMILES string of the molecule is CSc1ncc(-c2nccn2[C@@H](C)Cc2cccnc2)cn1. The van der Waals surface area contributed by atoms with Crippen molar-refractivity contribution in [1.29, 1.82) is 0 Å². The molecule has 3 aromatic rings. The van der Waals surface area contributed by atoms with Crippen molar-refractivity contribution in [2.24, 2.45) is 0 Å². The van der Waals surface area contributed by atoms with Crippen molar-refractivity contribution >= 4 is 11.8 Å². The van der Waals surface area contributed by atoms with Crippen molar-refractivity contribution in [2.45, 2.75) is 24.5 Å². The Balaban J connectivity index is 1.84. The highest BCUT2D eigenvalue weighted by Gasteiger charge is 2.13. The van der Waals surface area contributed by atoms with Crippen LogP contribution in [0, 0.1) is 0 Å². The zero-order valence-corrected chi connectivity index (χ0v) is 13.4. The Kier molecular flexibility index (Phi) is 4.48. The van der Waals surface area contributed by atoms with Gasteiger partial charge in [-0.15, -0.1) is 0 Å². The molecule has 3 heterocycles. The van der Waals surface area contributed by atoms with Crippen LogP contribution in [-0.4, -0.2) is 30.8 Å². The van der Waals surface area contributed by atoms with Gasteiger partial charge < -0.3 is 4.57 Å². The monoisotopic (exact) mass is 311 g/mol. The molecule has 0 radical (unpaired) electrons. The second kappa shape index (κ2) is 6.70. The van der Waals surface area contributed by atoms with E-state index in [9.17, 15) is 0 Å². The lowest BCUT2D eigenvalue weighted by Crippen LogP contribution is -2.09. The van der Waals surface area contributed by atoms with Gasteiger partial charge in [0.2, 0.25) is 0 Å². The van der Waals surface area contributed by atoms with E-state index in [0.717, 1.165) is 23.0 Å². The molecule has 6 heteroatoms. The van der Waals surface area contributed by atoms with Crippen molar-refractivity contribution in [3.8, 4) is 11.4 Å². The highest BCUT2D eigenvalue weighted by Crippen LogP contribution is 2.23. The molecular formula is C16H17N5S.